The van der Waals surface area contributed by atoms with E-state index in [9.17, 15) is 4.79 Å². The minimum Gasteiger partial charge on any atom is -0.311 e. The number of aryl methyl sites for hydroxylation is 1. The van der Waals surface area contributed by atoms with Crippen LogP contribution in [0.3, 0.4) is 0 Å². The second-order valence-corrected chi connectivity index (χ2v) is 3.84. The molecule has 0 aliphatic carbocycles. The molecule has 1 rings (SSSR count). The van der Waals surface area contributed by atoms with E-state index in [4.69, 9.17) is 0 Å². The van der Waals surface area contributed by atoms with E-state index in [0.717, 1.165) is 11.3 Å². The Morgan fingerprint density at radius 1 is 1.47 bits per heavy atom. The van der Waals surface area contributed by atoms with Crippen LogP contribution in [0.5, 0.6) is 0 Å². The van der Waals surface area contributed by atoms with Crippen molar-refractivity contribution in [2.75, 3.05) is 24.5 Å². The first-order valence-electron chi connectivity index (χ1n) is 5.88. The summed E-state index contributed by atoms with van der Waals surface area (Å²) < 4.78 is 0. The van der Waals surface area contributed by atoms with Gasteiger partial charge >= 0.3 is 0 Å². The largest absolute Gasteiger partial charge is 0.311 e. The monoisotopic (exact) mass is 232 g/mol. The number of hydrogen-bond acceptors (Lipinski definition) is 2. The molecule has 0 atom stereocenters. The van der Waals surface area contributed by atoms with Crippen LogP contribution in [-0.4, -0.2) is 25.5 Å². The predicted molar refractivity (Wildman–Crippen MR) is 72.3 cm³/mol. The van der Waals surface area contributed by atoms with Gasteiger partial charge in [0, 0.05) is 18.8 Å². The fourth-order valence-electron chi connectivity index (χ4n) is 1.72. The normalized spacial score (nSPS) is 10.0. The zero-order valence-corrected chi connectivity index (χ0v) is 10.6. The fourth-order valence-corrected chi connectivity index (χ4v) is 1.72. The van der Waals surface area contributed by atoms with E-state index >= 15 is 0 Å². The second-order valence-electron chi connectivity index (χ2n) is 3.84. The molecule has 0 aromatic heterocycles. The lowest BCUT2D eigenvalue weighted by Gasteiger charge is -2.23. The molecule has 1 N–H and O–H groups in total. The van der Waals surface area contributed by atoms with Crippen molar-refractivity contribution in [1.29, 1.82) is 0 Å². The van der Waals surface area contributed by atoms with Gasteiger partial charge in [0.05, 0.1) is 6.54 Å². The Morgan fingerprint density at radius 3 is 2.76 bits per heavy atom. The molecule has 92 valence electrons. The van der Waals surface area contributed by atoms with E-state index in [2.05, 4.69) is 11.9 Å². The van der Waals surface area contributed by atoms with Gasteiger partial charge in [0.15, 0.2) is 0 Å². The molecular weight excluding hydrogens is 212 g/mol. The zero-order valence-electron chi connectivity index (χ0n) is 10.6. The van der Waals surface area contributed by atoms with Crippen molar-refractivity contribution in [2.45, 2.75) is 13.8 Å². The molecule has 1 aromatic carbocycles. The molecule has 0 bridgehead atoms. The highest BCUT2D eigenvalue weighted by molar-refractivity contribution is 5.95. The van der Waals surface area contributed by atoms with E-state index in [1.54, 1.807) is 11.0 Å². The third kappa shape index (κ3) is 3.71. The van der Waals surface area contributed by atoms with Crippen LogP contribution in [0, 0.1) is 6.92 Å². The number of likely N-dealkylation sites (N-methyl/N-ethyl adjacent to an activating group) is 1. The van der Waals surface area contributed by atoms with Crippen LogP contribution in [0.4, 0.5) is 5.69 Å². The highest BCUT2D eigenvalue weighted by Crippen LogP contribution is 2.18. The number of rotatable bonds is 6. The van der Waals surface area contributed by atoms with Gasteiger partial charge < -0.3 is 10.2 Å². The van der Waals surface area contributed by atoms with Crippen LogP contribution in [0.15, 0.2) is 36.9 Å². The summed E-state index contributed by atoms with van der Waals surface area (Å²) in [4.78, 5) is 13.8. The standard InChI is InChI=1S/C14H20N2O/c1-4-10-15-11-14(17)16(5-2)13-9-7-6-8-12(13)3/h4,6-9,15H,1,5,10-11H2,2-3H3. The molecule has 1 aromatic rings. The topological polar surface area (TPSA) is 32.3 Å². The maximum atomic E-state index is 12.0. The Morgan fingerprint density at radius 2 is 2.18 bits per heavy atom. The molecule has 0 fully saturated rings. The molecule has 0 saturated carbocycles. The van der Waals surface area contributed by atoms with Crippen LogP contribution in [0.25, 0.3) is 0 Å². The molecule has 1 amide bonds. The number of amides is 1. The first-order chi connectivity index (χ1) is 8.20. The van der Waals surface area contributed by atoms with E-state index in [-0.39, 0.29) is 5.91 Å². The second kappa shape index (κ2) is 6.86. The molecule has 0 heterocycles. The summed E-state index contributed by atoms with van der Waals surface area (Å²) in [6, 6.07) is 7.93. The smallest absolute Gasteiger partial charge is 0.240 e. The van der Waals surface area contributed by atoms with Gasteiger partial charge in [-0.15, -0.1) is 6.58 Å². The molecule has 0 unspecified atom stereocenters. The predicted octanol–water partition coefficient (Wildman–Crippen LogP) is 2.12. The average molecular weight is 232 g/mol. The van der Waals surface area contributed by atoms with Crippen molar-refractivity contribution in [2.24, 2.45) is 0 Å². The van der Waals surface area contributed by atoms with Gasteiger partial charge in [-0.2, -0.15) is 0 Å². The maximum absolute atomic E-state index is 12.0. The van der Waals surface area contributed by atoms with Crippen molar-refractivity contribution in [3.63, 3.8) is 0 Å². The van der Waals surface area contributed by atoms with Crippen molar-refractivity contribution in [3.05, 3.63) is 42.5 Å². The number of anilines is 1. The molecule has 0 saturated heterocycles. The molecule has 0 aliphatic heterocycles. The number of carbonyl (C=O) groups excluding carboxylic acids is 1. The van der Waals surface area contributed by atoms with E-state index in [0.29, 0.717) is 19.6 Å². The summed E-state index contributed by atoms with van der Waals surface area (Å²) >= 11 is 0. The van der Waals surface area contributed by atoms with Gasteiger partial charge in [0.2, 0.25) is 5.91 Å². The van der Waals surface area contributed by atoms with Crippen LogP contribution in [0.2, 0.25) is 0 Å². The Hall–Kier alpha value is -1.61. The lowest BCUT2D eigenvalue weighted by Crippen LogP contribution is -2.38. The van der Waals surface area contributed by atoms with Gasteiger partial charge in [0.25, 0.3) is 0 Å². The summed E-state index contributed by atoms with van der Waals surface area (Å²) in [6.45, 7) is 9.28. The molecule has 17 heavy (non-hydrogen) atoms. The zero-order chi connectivity index (χ0) is 12.7. The van der Waals surface area contributed by atoms with Gasteiger partial charge in [0.1, 0.15) is 0 Å². The molecule has 0 spiro atoms. The number of nitrogens with one attached hydrogen (secondary N) is 1. The Bertz CT molecular complexity index is 388. The first kappa shape index (κ1) is 13.5. The van der Waals surface area contributed by atoms with E-state index in [1.807, 2.05) is 38.1 Å². The number of hydrogen-bond donors (Lipinski definition) is 1. The van der Waals surface area contributed by atoms with E-state index in [1.165, 1.54) is 0 Å². The molecule has 0 radical (unpaired) electrons. The molecule has 3 heteroatoms. The van der Waals surface area contributed by atoms with Crippen LogP contribution in [0.1, 0.15) is 12.5 Å². The lowest BCUT2D eigenvalue weighted by molar-refractivity contribution is -0.117. The third-order valence-corrected chi connectivity index (χ3v) is 2.59. The minimum absolute atomic E-state index is 0.0867. The van der Waals surface area contributed by atoms with Crippen molar-refractivity contribution in [3.8, 4) is 0 Å². The van der Waals surface area contributed by atoms with Crippen molar-refractivity contribution >= 4 is 11.6 Å². The number of nitrogens with zero attached hydrogens (tertiary/aromatic N) is 1. The third-order valence-electron chi connectivity index (χ3n) is 2.59. The average Bonchev–Trinajstić information content (AvgIpc) is 2.33. The SMILES string of the molecule is C=CCNCC(=O)N(CC)c1ccccc1C. The number of benzene rings is 1. The first-order valence-corrected chi connectivity index (χ1v) is 5.88. The quantitative estimate of drug-likeness (QED) is 0.602. The summed E-state index contributed by atoms with van der Waals surface area (Å²) in [7, 11) is 0. The van der Waals surface area contributed by atoms with Crippen molar-refractivity contribution < 1.29 is 4.79 Å². The fraction of sp³-hybridized carbons (Fsp3) is 0.357. The van der Waals surface area contributed by atoms with Gasteiger partial charge in [-0.25, -0.2) is 0 Å². The van der Waals surface area contributed by atoms with Crippen LogP contribution in [-0.2, 0) is 4.79 Å². The van der Waals surface area contributed by atoms with Crippen molar-refractivity contribution in [1.82, 2.24) is 5.32 Å². The Balaban J connectivity index is 2.74. The summed E-state index contributed by atoms with van der Waals surface area (Å²) in [5.41, 5.74) is 2.10. The Labute approximate surface area is 103 Å². The van der Waals surface area contributed by atoms with Crippen LogP contribution < -0.4 is 10.2 Å². The van der Waals surface area contributed by atoms with Gasteiger partial charge in [-0.05, 0) is 25.5 Å². The van der Waals surface area contributed by atoms with Gasteiger partial charge in [-0.3, -0.25) is 4.79 Å². The summed E-state index contributed by atoms with van der Waals surface area (Å²) in [5.74, 6) is 0.0867. The molecule has 3 nitrogen and oxygen atoms in total. The number of carbonyl (C=O) groups is 1. The highest BCUT2D eigenvalue weighted by atomic mass is 16.2. The van der Waals surface area contributed by atoms with Crippen LogP contribution >= 0.6 is 0 Å². The highest BCUT2D eigenvalue weighted by Gasteiger charge is 2.14. The van der Waals surface area contributed by atoms with E-state index < -0.39 is 0 Å². The summed E-state index contributed by atoms with van der Waals surface area (Å²) in [5, 5.41) is 3.03. The molecular formula is C14H20N2O. The lowest BCUT2D eigenvalue weighted by atomic mass is 10.2. The number of para-hydroxylation sites is 1. The molecule has 0 aliphatic rings. The van der Waals surface area contributed by atoms with Gasteiger partial charge in [-0.1, -0.05) is 24.3 Å². The summed E-state index contributed by atoms with van der Waals surface area (Å²) in [6.07, 6.45) is 1.75. The minimum atomic E-state index is 0.0867. The Kier molecular flexibility index (Phi) is 5.43. The maximum Gasteiger partial charge on any atom is 0.240 e.